The van der Waals surface area contributed by atoms with E-state index in [1.807, 2.05) is 0 Å². The summed E-state index contributed by atoms with van der Waals surface area (Å²) in [7, 11) is 0. The molecular formula is C18H24N2O3. The van der Waals surface area contributed by atoms with Crippen LogP contribution in [0.2, 0.25) is 0 Å². The van der Waals surface area contributed by atoms with Crippen molar-refractivity contribution in [2.45, 2.75) is 51.9 Å². The van der Waals surface area contributed by atoms with Crippen molar-refractivity contribution in [1.29, 1.82) is 0 Å². The molecule has 0 aromatic heterocycles. The highest BCUT2D eigenvalue weighted by atomic mass is 16.5. The van der Waals surface area contributed by atoms with Crippen molar-refractivity contribution in [3.05, 3.63) is 28.3 Å². The molecule has 0 bridgehead atoms. The molecule has 0 saturated heterocycles. The Kier molecular flexibility index (Phi) is 4.84. The number of hydrogen-bond acceptors (Lipinski definition) is 3. The average Bonchev–Trinajstić information content (AvgIpc) is 3.02. The average molecular weight is 316 g/mol. The van der Waals surface area contributed by atoms with Gasteiger partial charge >= 0.3 is 12.0 Å². The fraction of sp³-hybridized carbons (Fsp3) is 0.556. The van der Waals surface area contributed by atoms with E-state index in [-0.39, 0.29) is 12.6 Å². The molecular weight excluding hydrogens is 292 g/mol. The van der Waals surface area contributed by atoms with Crippen LogP contribution in [0.4, 0.5) is 10.5 Å². The lowest BCUT2D eigenvalue weighted by Gasteiger charge is -2.23. The predicted octanol–water partition coefficient (Wildman–Crippen LogP) is 2.74. The molecule has 0 atom stereocenters. The first-order chi connectivity index (χ1) is 11.2. The molecule has 0 heterocycles. The van der Waals surface area contributed by atoms with Crippen molar-refractivity contribution in [3.8, 4) is 0 Å². The van der Waals surface area contributed by atoms with Crippen molar-refractivity contribution in [2.75, 3.05) is 18.5 Å². The summed E-state index contributed by atoms with van der Waals surface area (Å²) in [6.07, 6.45) is 8.03. The molecule has 5 heteroatoms. The van der Waals surface area contributed by atoms with Crippen LogP contribution < -0.4 is 10.6 Å². The van der Waals surface area contributed by atoms with Crippen LogP contribution in [-0.4, -0.2) is 25.2 Å². The van der Waals surface area contributed by atoms with Gasteiger partial charge in [-0.15, -0.1) is 0 Å². The monoisotopic (exact) mass is 316 g/mol. The molecule has 0 spiro atoms. The van der Waals surface area contributed by atoms with Gasteiger partial charge in [-0.1, -0.05) is 0 Å². The molecule has 0 fully saturated rings. The number of carbonyl (C=O) groups is 2. The minimum atomic E-state index is -0.418. The van der Waals surface area contributed by atoms with E-state index >= 15 is 0 Å². The number of urea groups is 1. The largest absolute Gasteiger partial charge is 0.465 e. The molecule has 0 saturated carbocycles. The quantitative estimate of drug-likeness (QED) is 0.839. The van der Waals surface area contributed by atoms with E-state index < -0.39 is 5.97 Å². The maximum atomic E-state index is 12.1. The summed E-state index contributed by atoms with van der Waals surface area (Å²) in [6.45, 7) is 1.96. The zero-order valence-corrected chi connectivity index (χ0v) is 13.7. The fourth-order valence-corrected chi connectivity index (χ4v) is 3.71. The number of fused-ring (bicyclic) bond motifs is 3. The van der Waals surface area contributed by atoms with E-state index in [2.05, 4.69) is 16.7 Å². The van der Waals surface area contributed by atoms with Gasteiger partial charge in [-0.25, -0.2) is 4.79 Å². The number of anilines is 1. The lowest BCUT2D eigenvalue weighted by Crippen LogP contribution is -2.34. The van der Waals surface area contributed by atoms with Gasteiger partial charge in [-0.2, -0.15) is 0 Å². The van der Waals surface area contributed by atoms with Gasteiger partial charge in [0.15, 0.2) is 0 Å². The number of rotatable bonds is 4. The first-order valence-corrected chi connectivity index (χ1v) is 8.56. The molecule has 2 N–H and O–H groups in total. The standard InChI is InChI=1S/C18H24N2O3/c1-2-23-17(21)11-19-18(22)20-16-10-12-6-5-9-13(12)14-7-3-4-8-15(14)16/h10H,2-9,11H2,1H3,(H2,19,20,22). The number of carbonyl (C=O) groups excluding carboxylic acids is 2. The van der Waals surface area contributed by atoms with Crippen LogP contribution in [0.1, 0.15) is 48.4 Å². The molecule has 2 aliphatic carbocycles. The molecule has 0 unspecified atom stereocenters. The molecule has 0 radical (unpaired) electrons. The molecule has 3 rings (SSSR count). The molecule has 1 aromatic rings. The van der Waals surface area contributed by atoms with Crippen LogP contribution in [0.25, 0.3) is 0 Å². The number of hydrogen-bond donors (Lipinski definition) is 2. The normalized spacial score (nSPS) is 15.5. The van der Waals surface area contributed by atoms with Crippen LogP contribution >= 0.6 is 0 Å². The molecule has 124 valence electrons. The molecule has 1 aromatic carbocycles. The number of nitrogens with one attached hydrogen (secondary N) is 2. The van der Waals surface area contributed by atoms with Gasteiger partial charge in [0.25, 0.3) is 0 Å². The van der Waals surface area contributed by atoms with Crippen LogP contribution in [-0.2, 0) is 35.2 Å². The van der Waals surface area contributed by atoms with E-state index in [0.717, 1.165) is 24.9 Å². The summed E-state index contributed by atoms with van der Waals surface area (Å²) in [5, 5.41) is 5.51. The van der Waals surface area contributed by atoms with Gasteiger partial charge in [-0.3, -0.25) is 4.79 Å². The number of aryl methyl sites for hydroxylation is 1. The van der Waals surface area contributed by atoms with E-state index in [4.69, 9.17) is 4.74 Å². The highest BCUT2D eigenvalue weighted by Gasteiger charge is 2.23. The third-order valence-corrected chi connectivity index (χ3v) is 4.68. The Hall–Kier alpha value is -2.04. The van der Waals surface area contributed by atoms with Crippen LogP contribution in [0.15, 0.2) is 6.07 Å². The van der Waals surface area contributed by atoms with Crippen molar-refractivity contribution in [1.82, 2.24) is 5.32 Å². The first kappa shape index (κ1) is 15.8. The Balaban J connectivity index is 1.73. The van der Waals surface area contributed by atoms with Crippen molar-refractivity contribution in [2.24, 2.45) is 0 Å². The van der Waals surface area contributed by atoms with Crippen molar-refractivity contribution in [3.63, 3.8) is 0 Å². The van der Waals surface area contributed by atoms with Crippen LogP contribution in [0, 0.1) is 0 Å². The Bertz CT molecular complexity index is 625. The maximum absolute atomic E-state index is 12.1. The fourth-order valence-electron chi connectivity index (χ4n) is 3.71. The summed E-state index contributed by atoms with van der Waals surface area (Å²) in [6, 6.07) is 1.79. The van der Waals surface area contributed by atoms with Gasteiger partial charge < -0.3 is 15.4 Å². The third kappa shape index (κ3) is 3.49. The van der Waals surface area contributed by atoms with Gasteiger partial charge in [0.2, 0.25) is 0 Å². The highest BCUT2D eigenvalue weighted by molar-refractivity contribution is 5.92. The summed E-state index contributed by atoms with van der Waals surface area (Å²) < 4.78 is 4.81. The second-order valence-electron chi connectivity index (χ2n) is 6.19. The van der Waals surface area contributed by atoms with Gasteiger partial charge in [-0.05, 0) is 80.2 Å². The number of esters is 1. The van der Waals surface area contributed by atoms with Crippen molar-refractivity contribution >= 4 is 17.7 Å². The summed E-state index contributed by atoms with van der Waals surface area (Å²) in [4.78, 5) is 23.4. The van der Waals surface area contributed by atoms with Gasteiger partial charge in [0.05, 0.1) is 6.61 Å². The van der Waals surface area contributed by atoms with Crippen LogP contribution in [0.5, 0.6) is 0 Å². The second kappa shape index (κ2) is 7.02. The summed E-state index contributed by atoms with van der Waals surface area (Å²) >= 11 is 0. The van der Waals surface area contributed by atoms with E-state index in [9.17, 15) is 9.59 Å². The topological polar surface area (TPSA) is 67.4 Å². The van der Waals surface area contributed by atoms with E-state index in [1.165, 1.54) is 47.9 Å². The van der Waals surface area contributed by atoms with Gasteiger partial charge in [0, 0.05) is 5.69 Å². The Morgan fingerprint density at radius 3 is 2.57 bits per heavy atom. The Labute approximate surface area is 136 Å². The Morgan fingerprint density at radius 1 is 1.04 bits per heavy atom. The Morgan fingerprint density at radius 2 is 1.78 bits per heavy atom. The lowest BCUT2D eigenvalue weighted by molar-refractivity contribution is -0.141. The zero-order chi connectivity index (χ0) is 16.2. The minimum absolute atomic E-state index is 0.104. The first-order valence-electron chi connectivity index (χ1n) is 8.56. The predicted molar refractivity (Wildman–Crippen MR) is 88.8 cm³/mol. The molecule has 2 aliphatic rings. The summed E-state index contributed by atoms with van der Waals surface area (Å²) in [5.41, 5.74) is 6.58. The highest BCUT2D eigenvalue weighted by Crippen LogP contribution is 2.37. The smallest absolute Gasteiger partial charge is 0.325 e. The SMILES string of the molecule is CCOC(=O)CNC(=O)Nc1cc2c(c3c1CCCC3)CCC2. The molecule has 5 nitrogen and oxygen atoms in total. The van der Waals surface area contributed by atoms with Crippen molar-refractivity contribution < 1.29 is 14.3 Å². The van der Waals surface area contributed by atoms with E-state index in [1.54, 1.807) is 6.92 Å². The molecule has 0 aliphatic heterocycles. The van der Waals surface area contributed by atoms with Gasteiger partial charge in [0.1, 0.15) is 6.54 Å². The number of benzene rings is 1. The maximum Gasteiger partial charge on any atom is 0.325 e. The number of ether oxygens (including phenoxy) is 1. The molecule has 2 amide bonds. The van der Waals surface area contributed by atoms with Crippen LogP contribution in [0.3, 0.4) is 0 Å². The summed E-state index contributed by atoms with van der Waals surface area (Å²) in [5.74, 6) is -0.418. The molecule has 23 heavy (non-hydrogen) atoms. The van der Waals surface area contributed by atoms with E-state index in [0.29, 0.717) is 6.61 Å². The lowest BCUT2D eigenvalue weighted by atomic mass is 9.85. The minimum Gasteiger partial charge on any atom is -0.465 e. The number of amides is 2. The second-order valence-corrected chi connectivity index (χ2v) is 6.19. The third-order valence-electron chi connectivity index (χ3n) is 4.68. The zero-order valence-electron chi connectivity index (χ0n) is 13.7.